The summed E-state index contributed by atoms with van der Waals surface area (Å²) in [6.45, 7) is 0. The highest BCUT2D eigenvalue weighted by Crippen LogP contribution is 2.37. The van der Waals surface area contributed by atoms with E-state index in [1.165, 1.54) is 12.3 Å². The number of hydrogen-bond donors (Lipinski definition) is 1. The van der Waals surface area contributed by atoms with Crippen LogP contribution in [-0.4, -0.2) is 18.3 Å². The van der Waals surface area contributed by atoms with E-state index in [0.717, 1.165) is 6.07 Å². The molecule has 12 heteroatoms. The maximum Gasteiger partial charge on any atom is 0.300 e. The van der Waals surface area contributed by atoms with E-state index >= 15 is 0 Å². The molecular weight excluding hydrogens is 429 g/mol. The van der Waals surface area contributed by atoms with Crippen LogP contribution in [0, 0.1) is 10.1 Å². The molecule has 0 aliphatic rings. The molecule has 0 saturated carbocycles. The normalized spacial score (nSPS) is 11.4. The molecule has 0 aliphatic carbocycles. The highest BCUT2D eigenvalue weighted by Gasteiger charge is 2.26. The van der Waals surface area contributed by atoms with Crippen molar-refractivity contribution in [1.82, 2.24) is 4.98 Å². The first-order valence-corrected chi connectivity index (χ1v) is 8.83. The first-order valence-electron chi connectivity index (χ1n) is 4.98. The fourth-order valence-electron chi connectivity index (χ4n) is 1.28. The lowest BCUT2D eigenvalue weighted by Gasteiger charge is -2.07. The van der Waals surface area contributed by atoms with Gasteiger partial charge in [0.1, 0.15) is 4.21 Å². The largest absolute Gasteiger partial charge is 0.300 e. The third kappa shape index (κ3) is 3.64. The molecule has 0 radical (unpaired) electrons. The molecule has 0 aliphatic heterocycles. The molecule has 0 spiro atoms. The minimum absolute atomic E-state index is 0.0400. The van der Waals surface area contributed by atoms with Crippen molar-refractivity contribution >= 4 is 71.9 Å². The number of hydrogen-bond acceptors (Lipinski definition) is 6. The van der Waals surface area contributed by atoms with Crippen LogP contribution in [0.5, 0.6) is 0 Å². The van der Waals surface area contributed by atoms with Crippen LogP contribution in [0.25, 0.3) is 0 Å². The van der Waals surface area contributed by atoms with Crippen molar-refractivity contribution in [1.29, 1.82) is 0 Å². The smallest absolute Gasteiger partial charge is 0.276 e. The Balaban J connectivity index is 2.41. The Morgan fingerprint density at radius 3 is 2.62 bits per heavy atom. The van der Waals surface area contributed by atoms with E-state index < -0.39 is 20.6 Å². The second-order valence-electron chi connectivity index (χ2n) is 3.58. The predicted molar refractivity (Wildman–Crippen MR) is 83.7 cm³/mol. The highest BCUT2D eigenvalue weighted by atomic mass is 79.9. The highest BCUT2D eigenvalue weighted by molar-refractivity contribution is 9.10. The van der Waals surface area contributed by atoms with Crippen LogP contribution in [0.15, 0.2) is 27.0 Å². The van der Waals surface area contributed by atoms with E-state index in [9.17, 15) is 18.5 Å². The number of nitro groups is 1. The van der Waals surface area contributed by atoms with Gasteiger partial charge in [-0.25, -0.2) is 13.4 Å². The Morgan fingerprint density at radius 2 is 2.05 bits per heavy atom. The number of halogens is 3. The summed E-state index contributed by atoms with van der Waals surface area (Å²) >= 11 is 15.1. The average Bonchev–Trinajstić information content (AvgIpc) is 2.77. The lowest BCUT2D eigenvalue weighted by atomic mass is 10.4. The number of sulfonamides is 1. The Labute approximate surface area is 141 Å². The van der Waals surface area contributed by atoms with Gasteiger partial charge in [0, 0.05) is 16.7 Å². The molecule has 2 rings (SSSR count). The zero-order chi connectivity index (χ0) is 15.8. The maximum atomic E-state index is 12.2. The van der Waals surface area contributed by atoms with Crippen LogP contribution in [-0.2, 0) is 10.0 Å². The number of pyridine rings is 1. The van der Waals surface area contributed by atoms with E-state index in [1.807, 2.05) is 0 Å². The van der Waals surface area contributed by atoms with E-state index in [2.05, 4.69) is 25.6 Å². The average molecular weight is 433 g/mol. The first kappa shape index (κ1) is 16.4. The molecular formula is C9H4BrCl2N3O4S2. The molecule has 0 unspecified atom stereocenters. The van der Waals surface area contributed by atoms with E-state index in [-0.39, 0.29) is 19.4 Å². The Kier molecular flexibility index (Phi) is 4.73. The number of anilines is 1. The molecule has 1 N–H and O–H groups in total. The van der Waals surface area contributed by atoms with Crippen LogP contribution >= 0.6 is 50.5 Å². The fourth-order valence-corrected chi connectivity index (χ4v) is 4.54. The SMILES string of the molecule is O=[N+]([O-])c1cc(S(=O)(=O)Nc2cc(Br)cnc2Cl)sc1Cl. The number of nitrogens with one attached hydrogen (secondary N) is 1. The van der Waals surface area contributed by atoms with Gasteiger partial charge in [0.05, 0.1) is 10.6 Å². The molecule has 0 saturated heterocycles. The van der Waals surface area contributed by atoms with Gasteiger partial charge in [-0.1, -0.05) is 23.2 Å². The monoisotopic (exact) mass is 431 g/mol. The number of thiophene rings is 1. The van der Waals surface area contributed by atoms with E-state index in [1.54, 1.807) is 0 Å². The second kappa shape index (κ2) is 6.05. The summed E-state index contributed by atoms with van der Waals surface area (Å²) in [6, 6.07) is 2.30. The molecule has 0 bridgehead atoms. The van der Waals surface area contributed by atoms with Gasteiger partial charge in [0.2, 0.25) is 0 Å². The Morgan fingerprint density at radius 1 is 1.38 bits per heavy atom. The molecule has 2 aromatic rings. The zero-order valence-corrected chi connectivity index (χ0v) is 14.4. The molecule has 2 aromatic heterocycles. The zero-order valence-electron chi connectivity index (χ0n) is 9.71. The number of aromatic nitrogens is 1. The van der Waals surface area contributed by atoms with E-state index in [0.29, 0.717) is 15.8 Å². The molecule has 112 valence electrons. The molecule has 21 heavy (non-hydrogen) atoms. The molecule has 0 fully saturated rings. The van der Waals surface area contributed by atoms with Gasteiger partial charge in [-0.3, -0.25) is 14.8 Å². The molecule has 2 heterocycles. The van der Waals surface area contributed by atoms with Crippen molar-refractivity contribution < 1.29 is 13.3 Å². The Hall–Kier alpha value is -0.940. The summed E-state index contributed by atoms with van der Waals surface area (Å²) < 4.78 is 26.5. The number of rotatable bonds is 4. The first-order chi connectivity index (χ1) is 9.70. The summed E-state index contributed by atoms with van der Waals surface area (Å²) in [5.74, 6) is 0. The molecule has 7 nitrogen and oxygen atoms in total. The topological polar surface area (TPSA) is 102 Å². The second-order valence-corrected chi connectivity index (χ2v) is 8.42. The van der Waals surface area contributed by atoms with Gasteiger partial charge in [-0.2, -0.15) is 0 Å². The van der Waals surface area contributed by atoms with Crippen molar-refractivity contribution in [2.24, 2.45) is 0 Å². The fraction of sp³-hybridized carbons (Fsp3) is 0. The summed E-state index contributed by atoms with van der Waals surface area (Å²) in [4.78, 5) is 13.7. The molecule has 0 aromatic carbocycles. The minimum atomic E-state index is -4.05. The Bertz CT molecular complexity index is 824. The van der Waals surface area contributed by atoms with Crippen molar-refractivity contribution in [2.45, 2.75) is 4.21 Å². The van der Waals surface area contributed by atoms with Crippen molar-refractivity contribution in [3.05, 3.63) is 42.4 Å². The van der Waals surface area contributed by atoms with Gasteiger partial charge in [0.25, 0.3) is 15.7 Å². The summed E-state index contributed by atoms with van der Waals surface area (Å²) in [5, 5.41) is 10.6. The minimum Gasteiger partial charge on any atom is -0.276 e. The van der Waals surface area contributed by atoms with Gasteiger partial charge >= 0.3 is 0 Å². The maximum absolute atomic E-state index is 12.2. The summed E-state index contributed by atoms with van der Waals surface area (Å²) in [6.07, 6.45) is 1.40. The van der Waals surface area contributed by atoms with Gasteiger partial charge in [-0.15, -0.1) is 11.3 Å². The van der Waals surface area contributed by atoms with Gasteiger partial charge in [-0.05, 0) is 22.0 Å². The van der Waals surface area contributed by atoms with Crippen LogP contribution < -0.4 is 4.72 Å². The predicted octanol–water partition coefficient (Wildman–Crippen LogP) is 3.92. The molecule has 0 atom stereocenters. The van der Waals surface area contributed by atoms with E-state index in [4.69, 9.17) is 23.2 Å². The standard InChI is InChI=1S/C9H4BrCl2N3O4S2/c10-4-1-5(8(11)13-3-4)14-21(18,19)7-2-6(15(16)17)9(12)20-7/h1-3,14H. The van der Waals surface area contributed by atoms with Crippen molar-refractivity contribution in [3.63, 3.8) is 0 Å². The van der Waals surface area contributed by atoms with Crippen LogP contribution in [0.2, 0.25) is 9.49 Å². The van der Waals surface area contributed by atoms with Gasteiger partial charge in [0.15, 0.2) is 9.49 Å². The quantitative estimate of drug-likeness (QED) is 0.448. The van der Waals surface area contributed by atoms with Crippen LogP contribution in [0.4, 0.5) is 11.4 Å². The third-order valence-corrected chi connectivity index (χ3v) is 6.07. The van der Waals surface area contributed by atoms with Crippen LogP contribution in [0.3, 0.4) is 0 Å². The summed E-state index contributed by atoms with van der Waals surface area (Å²) in [5.41, 5.74) is -0.432. The molecule has 0 amide bonds. The lowest BCUT2D eigenvalue weighted by molar-refractivity contribution is -0.384. The van der Waals surface area contributed by atoms with Crippen LogP contribution in [0.1, 0.15) is 0 Å². The van der Waals surface area contributed by atoms with Crippen molar-refractivity contribution in [2.75, 3.05) is 4.72 Å². The van der Waals surface area contributed by atoms with Crippen molar-refractivity contribution in [3.8, 4) is 0 Å². The number of nitrogens with zero attached hydrogens (tertiary/aromatic N) is 2. The lowest BCUT2D eigenvalue weighted by Crippen LogP contribution is -2.12. The van der Waals surface area contributed by atoms with Gasteiger partial charge < -0.3 is 0 Å². The summed E-state index contributed by atoms with van der Waals surface area (Å²) in [7, 11) is -4.05. The third-order valence-electron chi connectivity index (χ3n) is 2.16.